The van der Waals surface area contributed by atoms with Gasteiger partial charge in [0.25, 0.3) is 0 Å². The lowest BCUT2D eigenvalue weighted by Gasteiger charge is -2.29. The standard InChI is InChI=1S/C25H34F3NO3S2/c26-25(27,28)34(31,32)29-33(30)23-14-8-7-13-20(23)22-16-19(17-9-3-1-4-10-17)15-21(24(22)33)18-11-5-2-6-12-18/h15-18,20H,1-14H2,(H,29,30). The minimum atomic E-state index is -5.76. The molecule has 3 aliphatic carbocycles. The van der Waals surface area contributed by atoms with E-state index in [9.17, 15) is 25.8 Å². The third-order valence-corrected chi connectivity index (χ3v) is 13.1. The van der Waals surface area contributed by atoms with E-state index < -0.39 is 25.2 Å². The van der Waals surface area contributed by atoms with Gasteiger partial charge >= 0.3 is 15.5 Å². The topological polar surface area (TPSA) is 63.2 Å². The summed E-state index contributed by atoms with van der Waals surface area (Å²) >= 11 is 0. The number of rotatable bonds is 4. The zero-order valence-electron chi connectivity index (χ0n) is 19.5. The van der Waals surface area contributed by atoms with E-state index in [1.54, 1.807) is 4.13 Å². The summed E-state index contributed by atoms with van der Waals surface area (Å²) in [6, 6.07) is 4.19. The van der Waals surface area contributed by atoms with E-state index in [-0.39, 0.29) is 11.8 Å². The molecule has 2 atom stereocenters. The third-order valence-electron chi connectivity index (χ3n) is 8.41. The van der Waals surface area contributed by atoms with E-state index in [4.69, 9.17) is 0 Å². The molecule has 0 bridgehead atoms. The first-order valence-corrected chi connectivity index (χ1v) is 15.8. The van der Waals surface area contributed by atoms with E-state index in [1.165, 1.54) is 24.8 Å². The van der Waals surface area contributed by atoms with Crippen molar-refractivity contribution in [2.24, 2.45) is 0 Å². The maximum absolute atomic E-state index is 14.6. The molecule has 4 aliphatic rings. The van der Waals surface area contributed by atoms with Crippen molar-refractivity contribution in [1.29, 1.82) is 0 Å². The molecule has 1 N–H and O–H groups in total. The molecule has 2 unspecified atom stereocenters. The SMILES string of the molecule is O=S(=O)(NS1(=O)=C2CCCCC2c2cc(C3CCCCC3)cc(C3CCCCC3)c21)C(F)(F)F. The minimum Gasteiger partial charge on any atom is -0.246 e. The molecule has 190 valence electrons. The summed E-state index contributed by atoms with van der Waals surface area (Å²) in [5, 5.41) is 0. The quantitative estimate of drug-likeness (QED) is 0.457. The van der Waals surface area contributed by atoms with Crippen molar-refractivity contribution in [3.8, 4) is 0 Å². The zero-order chi connectivity index (χ0) is 24.1. The first-order chi connectivity index (χ1) is 16.1. The first kappa shape index (κ1) is 24.6. The van der Waals surface area contributed by atoms with Crippen LogP contribution in [-0.4, -0.2) is 23.0 Å². The van der Waals surface area contributed by atoms with E-state index in [1.807, 2.05) is 0 Å². The number of hydrogen-bond donors (Lipinski definition) is 1. The Labute approximate surface area is 201 Å². The van der Waals surface area contributed by atoms with Gasteiger partial charge in [0, 0.05) is 10.8 Å². The number of benzene rings is 1. The summed E-state index contributed by atoms with van der Waals surface area (Å²) in [7, 11) is -9.48. The Balaban J connectivity index is 1.72. The first-order valence-electron chi connectivity index (χ1n) is 12.8. The molecule has 5 rings (SSSR count). The average Bonchev–Trinajstić information content (AvgIpc) is 3.07. The van der Waals surface area contributed by atoms with E-state index in [0.29, 0.717) is 28.5 Å². The molecule has 0 aromatic heterocycles. The van der Waals surface area contributed by atoms with Crippen LogP contribution in [0.15, 0.2) is 17.0 Å². The van der Waals surface area contributed by atoms with Crippen molar-refractivity contribution >= 4 is 24.6 Å². The maximum Gasteiger partial charge on any atom is 0.512 e. The van der Waals surface area contributed by atoms with Gasteiger partial charge in [-0.25, -0.2) is 12.6 Å². The highest BCUT2D eigenvalue weighted by molar-refractivity contribution is 8.11. The molecule has 1 aromatic rings. The number of halogens is 3. The van der Waals surface area contributed by atoms with Crippen molar-refractivity contribution in [2.75, 3.05) is 0 Å². The van der Waals surface area contributed by atoms with Gasteiger partial charge in [0.2, 0.25) is 0 Å². The number of hydrogen-bond acceptors (Lipinski definition) is 3. The Kier molecular flexibility index (Phi) is 6.60. The van der Waals surface area contributed by atoms with E-state index >= 15 is 0 Å². The number of nitrogens with one attached hydrogen (secondary N) is 1. The predicted octanol–water partition coefficient (Wildman–Crippen LogP) is 6.62. The molecule has 34 heavy (non-hydrogen) atoms. The van der Waals surface area contributed by atoms with Gasteiger partial charge in [-0.15, -0.1) is 4.13 Å². The molecule has 1 aromatic carbocycles. The van der Waals surface area contributed by atoms with Gasteiger partial charge in [-0.1, -0.05) is 57.1 Å². The van der Waals surface area contributed by atoms with Gasteiger partial charge in [-0.2, -0.15) is 13.2 Å². The molecule has 0 spiro atoms. The molecule has 0 amide bonds. The van der Waals surface area contributed by atoms with Crippen LogP contribution in [0.4, 0.5) is 13.2 Å². The summed E-state index contributed by atoms with van der Waals surface area (Å²) in [6.45, 7) is 0. The highest BCUT2D eigenvalue weighted by atomic mass is 32.3. The lowest BCUT2D eigenvalue weighted by atomic mass is 9.76. The Morgan fingerprint density at radius 2 is 1.35 bits per heavy atom. The van der Waals surface area contributed by atoms with Crippen LogP contribution < -0.4 is 4.13 Å². The van der Waals surface area contributed by atoms with Crippen LogP contribution in [0.2, 0.25) is 0 Å². The molecule has 0 radical (unpaired) electrons. The molecule has 3 fully saturated rings. The molecule has 4 nitrogen and oxygen atoms in total. The third kappa shape index (κ3) is 4.23. The second-order valence-electron chi connectivity index (χ2n) is 10.6. The summed E-state index contributed by atoms with van der Waals surface area (Å²) < 4.78 is 81.1. The van der Waals surface area contributed by atoms with Crippen molar-refractivity contribution in [3.05, 3.63) is 28.8 Å². The zero-order valence-corrected chi connectivity index (χ0v) is 21.1. The fraction of sp³-hybridized carbons (Fsp3) is 0.720. The second kappa shape index (κ2) is 9.11. The van der Waals surface area contributed by atoms with Crippen molar-refractivity contribution < 1.29 is 25.8 Å². The fourth-order valence-electron chi connectivity index (χ4n) is 6.76. The van der Waals surface area contributed by atoms with Gasteiger partial charge in [-0.05, 0) is 73.5 Å². The van der Waals surface area contributed by atoms with Gasteiger partial charge in [0.1, 0.15) is 0 Å². The van der Waals surface area contributed by atoms with Crippen LogP contribution in [0.25, 0.3) is 0 Å². The molecular weight excluding hydrogens is 483 g/mol. The van der Waals surface area contributed by atoms with Gasteiger partial charge in [-0.3, -0.25) is 0 Å². The predicted molar refractivity (Wildman–Crippen MR) is 129 cm³/mol. The number of sulfonamides is 1. The smallest absolute Gasteiger partial charge is 0.246 e. The Morgan fingerprint density at radius 1 is 0.794 bits per heavy atom. The molecule has 1 aliphatic heterocycles. The number of fused-ring (bicyclic) bond motifs is 3. The van der Waals surface area contributed by atoms with Crippen LogP contribution in [0.3, 0.4) is 0 Å². The summed E-state index contributed by atoms with van der Waals surface area (Å²) in [5.74, 6) is 0.304. The van der Waals surface area contributed by atoms with Gasteiger partial charge in [0.15, 0.2) is 0 Å². The largest absolute Gasteiger partial charge is 0.512 e. The molecular formula is C25H34F3NO3S2. The van der Waals surface area contributed by atoms with E-state index in [0.717, 1.165) is 68.9 Å². The molecule has 3 saturated carbocycles. The highest BCUT2D eigenvalue weighted by Gasteiger charge is 2.51. The van der Waals surface area contributed by atoms with Gasteiger partial charge in [0.05, 0.1) is 14.6 Å². The van der Waals surface area contributed by atoms with Crippen LogP contribution in [0, 0.1) is 0 Å². The van der Waals surface area contributed by atoms with Gasteiger partial charge < -0.3 is 0 Å². The highest BCUT2D eigenvalue weighted by Crippen LogP contribution is 2.49. The Hall–Kier alpha value is -1.06. The van der Waals surface area contributed by atoms with E-state index in [2.05, 4.69) is 12.1 Å². The molecule has 9 heteroatoms. The van der Waals surface area contributed by atoms with Crippen molar-refractivity contribution in [3.63, 3.8) is 0 Å². The summed E-state index contributed by atoms with van der Waals surface area (Å²) in [6.07, 6.45) is 13.5. The minimum absolute atomic E-state index is 0.114. The maximum atomic E-state index is 14.6. The lowest BCUT2D eigenvalue weighted by molar-refractivity contribution is -0.0441. The van der Waals surface area contributed by atoms with Crippen LogP contribution >= 0.6 is 0 Å². The van der Waals surface area contributed by atoms with Crippen molar-refractivity contribution in [2.45, 2.75) is 118 Å². The second-order valence-corrected chi connectivity index (χ2v) is 14.7. The number of alkyl halides is 3. The van der Waals surface area contributed by atoms with Crippen LogP contribution in [0.5, 0.6) is 0 Å². The molecule has 1 heterocycles. The summed E-state index contributed by atoms with van der Waals surface area (Å²) in [4.78, 5) is 0.855. The summed E-state index contributed by atoms with van der Waals surface area (Å²) in [5.41, 5.74) is -2.59. The van der Waals surface area contributed by atoms with Crippen LogP contribution in [0.1, 0.15) is 124 Å². The normalized spacial score (nSPS) is 29.1. The fourth-order valence-corrected chi connectivity index (χ4v) is 11.6. The monoisotopic (exact) mass is 517 g/mol. The average molecular weight is 518 g/mol. The van der Waals surface area contributed by atoms with Crippen molar-refractivity contribution in [1.82, 2.24) is 4.13 Å². The molecule has 0 saturated heterocycles. The Bertz CT molecular complexity index is 1170. The van der Waals surface area contributed by atoms with Crippen LogP contribution in [-0.2, 0) is 19.7 Å². The Morgan fingerprint density at radius 3 is 1.97 bits per heavy atom. The lowest BCUT2D eigenvalue weighted by Crippen LogP contribution is -2.42.